The molecule has 3 rings (SSSR count). The molecule has 0 unspecified atom stereocenters. The second-order valence-corrected chi connectivity index (χ2v) is 3.12. The largest absolute Gasteiger partial charge is 0.396 e. The highest BCUT2D eigenvalue weighted by atomic mass is 19.4. The first kappa shape index (κ1) is 6.46. The molecule has 0 N–H and O–H groups in total. The number of halogens is 3. The van der Waals surface area contributed by atoms with E-state index in [0.717, 1.165) is 0 Å². The van der Waals surface area contributed by atoms with Crippen molar-refractivity contribution in [2.75, 3.05) is 6.61 Å². The van der Waals surface area contributed by atoms with E-state index in [1.807, 2.05) is 0 Å². The van der Waals surface area contributed by atoms with Crippen LogP contribution in [0.1, 0.15) is 12.8 Å². The molecular formula is C6H7F3O. The fraction of sp³-hybridized carbons (Fsp3) is 1.00. The molecule has 4 heteroatoms. The summed E-state index contributed by atoms with van der Waals surface area (Å²) in [5.41, 5.74) is -1.45. The molecule has 3 aliphatic rings. The van der Waals surface area contributed by atoms with E-state index >= 15 is 0 Å². The summed E-state index contributed by atoms with van der Waals surface area (Å²) < 4.78 is 41.1. The summed E-state index contributed by atoms with van der Waals surface area (Å²) in [6.07, 6.45) is -3.76. The average Bonchev–Trinajstić information content (AvgIpc) is 2.08. The molecule has 0 spiro atoms. The van der Waals surface area contributed by atoms with Crippen molar-refractivity contribution in [3.8, 4) is 0 Å². The SMILES string of the molecule is FC(F)(F)C12COC(C1)C2. The number of alkyl halides is 3. The summed E-state index contributed by atoms with van der Waals surface area (Å²) in [6, 6.07) is 0. The second-order valence-electron chi connectivity index (χ2n) is 3.12. The summed E-state index contributed by atoms with van der Waals surface area (Å²) >= 11 is 0. The van der Waals surface area contributed by atoms with Crippen molar-refractivity contribution in [2.45, 2.75) is 25.1 Å². The van der Waals surface area contributed by atoms with Crippen molar-refractivity contribution in [1.29, 1.82) is 0 Å². The molecule has 2 bridgehead atoms. The van der Waals surface area contributed by atoms with Crippen LogP contribution < -0.4 is 0 Å². The van der Waals surface area contributed by atoms with E-state index in [1.54, 1.807) is 0 Å². The molecule has 0 aromatic heterocycles. The second kappa shape index (κ2) is 1.49. The van der Waals surface area contributed by atoms with Crippen LogP contribution in [0.25, 0.3) is 0 Å². The van der Waals surface area contributed by atoms with Crippen LogP contribution in [0.5, 0.6) is 0 Å². The minimum absolute atomic E-state index is 0.0957. The lowest BCUT2D eigenvalue weighted by Crippen LogP contribution is -2.45. The van der Waals surface area contributed by atoms with E-state index in [4.69, 9.17) is 4.74 Å². The van der Waals surface area contributed by atoms with Gasteiger partial charge in [0, 0.05) is 0 Å². The third-order valence-electron chi connectivity index (χ3n) is 2.43. The molecule has 0 aromatic carbocycles. The number of ether oxygens (including phenoxy) is 1. The number of hydrogen-bond acceptors (Lipinski definition) is 1. The molecule has 0 amide bonds. The number of hydrogen-bond donors (Lipinski definition) is 0. The Morgan fingerprint density at radius 3 is 2.10 bits per heavy atom. The molecule has 3 fully saturated rings. The summed E-state index contributed by atoms with van der Waals surface area (Å²) in [5.74, 6) is 0. The predicted octanol–water partition coefficient (Wildman–Crippen LogP) is 1.73. The highest BCUT2D eigenvalue weighted by Gasteiger charge is 2.66. The van der Waals surface area contributed by atoms with Crippen LogP contribution in [-0.2, 0) is 4.74 Å². The molecule has 2 aliphatic heterocycles. The third kappa shape index (κ3) is 0.576. The van der Waals surface area contributed by atoms with Gasteiger partial charge in [0.05, 0.1) is 18.1 Å². The van der Waals surface area contributed by atoms with E-state index < -0.39 is 11.6 Å². The maximum absolute atomic E-state index is 12.1. The minimum Gasteiger partial charge on any atom is -0.377 e. The standard InChI is InChI=1S/C6H7F3O/c7-6(8,9)5-1-4(2-5)10-3-5/h4H,1-3H2. The highest BCUT2D eigenvalue weighted by Crippen LogP contribution is 2.59. The van der Waals surface area contributed by atoms with Crippen molar-refractivity contribution < 1.29 is 17.9 Å². The van der Waals surface area contributed by atoms with Crippen LogP contribution in [0, 0.1) is 5.41 Å². The van der Waals surface area contributed by atoms with Gasteiger partial charge in [0.2, 0.25) is 0 Å². The molecule has 58 valence electrons. The van der Waals surface area contributed by atoms with Crippen molar-refractivity contribution in [3.05, 3.63) is 0 Å². The van der Waals surface area contributed by atoms with Crippen LogP contribution in [0.15, 0.2) is 0 Å². The van der Waals surface area contributed by atoms with Crippen LogP contribution in [-0.4, -0.2) is 18.9 Å². The minimum atomic E-state index is -4.04. The van der Waals surface area contributed by atoms with Gasteiger partial charge in [-0.1, -0.05) is 0 Å². The van der Waals surface area contributed by atoms with Crippen LogP contribution in [0.2, 0.25) is 0 Å². The first-order valence-electron chi connectivity index (χ1n) is 3.22. The molecule has 1 aliphatic carbocycles. The monoisotopic (exact) mass is 152 g/mol. The fourth-order valence-corrected chi connectivity index (χ4v) is 1.64. The summed E-state index contributed by atoms with van der Waals surface area (Å²) in [6.45, 7) is -0.110. The van der Waals surface area contributed by atoms with E-state index in [0.29, 0.717) is 0 Å². The molecule has 0 aromatic rings. The zero-order chi connectivity index (χ0) is 7.41. The zero-order valence-corrected chi connectivity index (χ0v) is 5.24. The Morgan fingerprint density at radius 2 is 1.90 bits per heavy atom. The molecular weight excluding hydrogens is 145 g/mol. The zero-order valence-electron chi connectivity index (χ0n) is 5.24. The van der Waals surface area contributed by atoms with Gasteiger partial charge >= 0.3 is 6.18 Å². The van der Waals surface area contributed by atoms with Gasteiger partial charge in [0.1, 0.15) is 0 Å². The van der Waals surface area contributed by atoms with E-state index in [2.05, 4.69) is 0 Å². The van der Waals surface area contributed by atoms with Crippen LogP contribution >= 0.6 is 0 Å². The van der Waals surface area contributed by atoms with Gasteiger partial charge in [-0.2, -0.15) is 13.2 Å². The molecule has 0 atom stereocenters. The van der Waals surface area contributed by atoms with Gasteiger partial charge in [0.25, 0.3) is 0 Å². The van der Waals surface area contributed by atoms with E-state index in [1.165, 1.54) is 0 Å². The Balaban J connectivity index is 2.18. The van der Waals surface area contributed by atoms with Gasteiger partial charge < -0.3 is 4.74 Å². The van der Waals surface area contributed by atoms with Gasteiger partial charge in [-0.15, -0.1) is 0 Å². The molecule has 1 saturated carbocycles. The molecule has 1 nitrogen and oxygen atoms in total. The Bertz CT molecular complexity index is 151. The summed E-state index contributed by atoms with van der Waals surface area (Å²) in [5, 5.41) is 0. The summed E-state index contributed by atoms with van der Waals surface area (Å²) in [4.78, 5) is 0. The Hall–Kier alpha value is -0.250. The first-order valence-corrected chi connectivity index (χ1v) is 3.22. The predicted molar refractivity (Wildman–Crippen MR) is 27.5 cm³/mol. The van der Waals surface area contributed by atoms with Crippen molar-refractivity contribution in [3.63, 3.8) is 0 Å². The first-order chi connectivity index (χ1) is 4.54. The maximum atomic E-state index is 12.1. The number of rotatable bonds is 0. The van der Waals surface area contributed by atoms with Gasteiger partial charge in [-0.3, -0.25) is 0 Å². The molecule has 2 saturated heterocycles. The lowest BCUT2D eigenvalue weighted by atomic mass is 9.70. The topological polar surface area (TPSA) is 9.23 Å². The Morgan fingerprint density at radius 1 is 1.30 bits per heavy atom. The molecule has 0 radical (unpaired) electrons. The van der Waals surface area contributed by atoms with Gasteiger partial charge in [-0.25, -0.2) is 0 Å². The van der Waals surface area contributed by atoms with Gasteiger partial charge in [-0.05, 0) is 12.8 Å². The van der Waals surface area contributed by atoms with Crippen molar-refractivity contribution in [2.24, 2.45) is 5.41 Å². The van der Waals surface area contributed by atoms with E-state index in [-0.39, 0.29) is 25.6 Å². The Labute approximate surface area is 56.2 Å². The van der Waals surface area contributed by atoms with Crippen LogP contribution in [0.4, 0.5) is 13.2 Å². The fourth-order valence-electron chi connectivity index (χ4n) is 1.64. The lowest BCUT2D eigenvalue weighted by molar-refractivity contribution is -0.234. The Kier molecular flexibility index (Phi) is 0.966. The quantitative estimate of drug-likeness (QED) is 0.513. The normalized spacial score (nSPS) is 45.3. The lowest BCUT2D eigenvalue weighted by Gasteiger charge is -2.36. The number of fused-ring (bicyclic) bond motifs is 1. The van der Waals surface area contributed by atoms with E-state index in [9.17, 15) is 13.2 Å². The molecule has 10 heavy (non-hydrogen) atoms. The van der Waals surface area contributed by atoms with Crippen molar-refractivity contribution >= 4 is 0 Å². The third-order valence-corrected chi connectivity index (χ3v) is 2.43. The maximum Gasteiger partial charge on any atom is 0.396 e. The van der Waals surface area contributed by atoms with Gasteiger partial charge in [0.15, 0.2) is 0 Å². The van der Waals surface area contributed by atoms with Crippen molar-refractivity contribution in [1.82, 2.24) is 0 Å². The smallest absolute Gasteiger partial charge is 0.377 e. The summed E-state index contributed by atoms with van der Waals surface area (Å²) in [7, 11) is 0. The molecule has 2 heterocycles. The highest BCUT2D eigenvalue weighted by molar-refractivity contribution is 5.04. The van der Waals surface area contributed by atoms with Crippen LogP contribution in [0.3, 0.4) is 0 Å². The average molecular weight is 152 g/mol.